The van der Waals surface area contributed by atoms with E-state index in [9.17, 15) is 27.6 Å². The van der Waals surface area contributed by atoms with Gasteiger partial charge in [0.05, 0.1) is 11.5 Å². The van der Waals surface area contributed by atoms with Crippen molar-refractivity contribution >= 4 is 29.0 Å². The molecule has 5 nitrogen and oxygen atoms in total. The Morgan fingerprint density at radius 1 is 1.04 bits per heavy atom. The van der Waals surface area contributed by atoms with Gasteiger partial charge in [0.25, 0.3) is 0 Å². The van der Waals surface area contributed by atoms with Crippen molar-refractivity contribution in [2.75, 3.05) is 16.8 Å². The number of hydrogen-bond donors (Lipinski definition) is 1. The van der Waals surface area contributed by atoms with Gasteiger partial charge in [0.15, 0.2) is 5.78 Å². The van der Waals surface area contributed by atoms with E-state index in [0.717, 1.165) is 12.1 Å². The highest BCUT2D eigenvalue weighted by Crippen LogP contribution is 2.32. The van der Waals surface area contributed by atoms with Gasteiger partial charge in [-0.05, 0) is 55.5 Å². The fraction of sp³-hybridized carbons (Fsp3) is 0.250. The van der Waals surface area contributed by atoms with Gasteiger partial charge in [0, 0.05) is 29.9 Å². The molecular weight excluding hydrogens is 373 g/mol. The van der Waals surface area contributed by atoms with Gasteiger partial charge in [-0.1, -0.05) is 0 Å². The Kier molecular flexibility index (Phi) is 5.22. The molecule has 0 aromatic heterocycles. The third kappa shape index (κ3) is 4.21. The highest BCUT2D eigenvalue weighted by atomic mass is 19.4. The van der Waals surface area contributed by atoms with Gasteiger partial charge >= 0.3 is 6.18 Å². The van der Waals surface area contributed by atoms with Crippen LogP contribution in [0.4, 0.5) is 24.5 Å². The maximum Gasteiger partial charge on any atom is 0.416 e. The van der Waals surface area contributed by atoms with Crippen LogP contribution < -0.4 is 10.2 Å². The maximum atomic E-state index is 12.7. The van der Waals surface area contributed by atoms with Gasteiger partial charge in [-0.15, -0.1) is 0 Å². The molecule has 1 heterocycles. The second kappa shape index (κ2) is 7.46. The molecule has 2 amide bonds. The SMILES string of the molecule is CC(=O)c1ccc(NC(=O)C2CC(=O)N(c3ccc(C(F)(F)F)cc3)C2)cc1. The number of amides is 2. The molecule has 1 saturated heterocycles. The molecule has 1 unspecified atom stereocenters. The molecule has 28 heavy (non-hydrogen) atoms. The Morgan fingerprint density at radius 2 is 1.64 bits per heavy atom. The average Bonchev–Trinajstić information content (AvgIpc) is 3.03. The summed E-state index contributed by atoms with van der Waals surface area (Å²) in [5.74, 6) is -1.40. The highest BCUT2D eigenvalue weighted by molar-refractivity contribution is 6.03. The Morgan fingerprint density at radius 3 is 2.18 bits per heavy atom. The summed E-state index contributed by atoms with van der Waals surface area (Å²) in [6.07, 6.45) is -4.48. The molecule has 1 atom stereocenters. The third-order valence-corrected chi connectivity index (χ3v) is 4.56. The topological polar surface area (TPSA) is 66.5 Å². The van der Waals surface area contributed by atoms with Gasteiger partial charge in [-0.25, -0.2) is 0 Å². The Bertz CT molecular complexity index is 906. The number of hydrogen-bond acceptors (Lipinski definition) is 3. The first kappa shape index (κ1) is 19.6. The van der Waals surface area contributed by atoms with Crippen molar-refractivity contribution in [1.29, 1.82) is 0 Å². The van der Waals surface area contributed by atoms with Crippen molar-refractivity contribution < 1.29 is 27.6 Å². The Hall–Kier alpha value is -3.16. The number of ketones is 1. The molecule has 0 aliphatic carbocycles. The Labute approximate surface area is 159 Å². The van der Waals surface area contributed by atoms with Gasteiger partial charge in [-0.2, -0.15) is 13.2 Å². The van der Waals surface area contributed by atoms with Crippen LogP contribution in [0.15, 0.2) is 48.5 Å². The molecule has 8 heteroatoms. The molecule has 1 aliphatic rings. The molecule has 1 N–H and O–H groups in total. The summed E-state index contributed by atoms with van der Waals surface area (Å²) in [5, 5.41) is 2.69. The minimum Gasteiger partial charge on any atom is -0.326 e. The van der Waals surface area contributed by atoms with E-state index in [0.29, 0.717) is 16.9 Å². The van der Waals surface area contributed by atoms with E-state index in [-0.39, 0.29) is 30.6 Å². The first-order chi connectivity index (χ1) is 13.1. The molecule has 146 valence electrons. The van der Waals surface area contributed by atoms with Crippen molar-refractivity contribution in [2.45, 2.75) is 19.5 Å². The molecule has 1 fully saturated rings. The molecule has 0 spiro atoms. The van der Waals surface area contributed by atoms with Crippen LogP contribution in [0.5, 0.6) is 0 Å². The molecule has 0 radical (unpaired) electrons. The van der Waals surface area contributed by atoms with E-state index in [1.807, 2.05) is 0 Å². The van der Waals surface area contributed by atoms with E-state index in [1.54, 1.807) is 24.3 Å². The van der Waals surface area contributed by atoms with Gasteiger partial charge < -0.3 is 10.2 Å². The van der Waals surface area contributed by atoms with Crippen LogP contribution in [-0.4, -0.2) is 24.1 Å². The Balaban J connectivity index is 1.66. The number of anilines is 2. The van der Waals surface area contributed by atoms with Crippen LogP contribution in [-0.2, 0) is 15.8 Å². The lowest BCUT2D eigenvalue weighted by atomic mass is 10.1. The second-order valence-corrected chi connectivity index (χ2v) is 6.57. The lowest BCUT2D eigenvalue weighted by molar-refractivity contribution is -0.137. The third-order valence-electron chi connectivity index (χ3n) is 4.56. The predicted octanol–water partition coefficient (Wildman–Crippen LogP) is 3.90. The van der Waals surface area contributed by atoms with E-state index in [1.165, 1.54) is 24.0 Å². The predicted molar refractivity (Wildman–Crippen MR) is 97.0 cm³/mol. The molecular formula is C20H17F3N2O3. The fourth-order valence-corrected chi connectivity index (χ4v) is 3.00. The molecule has 2 aromatic carbocycles. The van der Waals surface area contributed by atoms with Crippen molar-refractivity contribution in [3.05, 3.63) is 59.7 Å². The summed E-state index contributed by atoms with van der Waals surface area (Å²) in [6, 6.07) is 10.6. The number of nitrogens with one attached hydrogen (secondary N) is 1. The lowest BCUT2D eigenvalue weighted by Gasteiger charge is -2.17. The van der Waals surface area contributed by atoms with Gasteiger partial charge in [0.1, 0.15) is 0 Å². The smallest absolute Gasteiger partial charge is 0.326 e. The summed E-state index contributed by atoms with van der Waals surface area (Å²) in [5.41, 5.74) is 0.531. The van der Waals surface area contributed by atoms with Crippen LogP contribution >= 0.6 is 0 Å². The fourth-order valence-electron chi connectivity index (χ4n) is 3.00. The van der Waals surface area contributed by atoms with Crippen LogP contribution in [0.2, 0.25) is 0 Å². The quantitative estimate of drug-likeness (QED) is 0.806. The summed E-state index contributed by atoms with van der Waals surface area (Å²) >= 11 is 0. The standard InChI is InChI=1S/C20H17F3N2O3/c1-12(26)13-2-6-16(7-3-13)24-19(28)14-10-18(27)25(11-14)17-8-4-15(5-9-17)20(21,22)23/h2-9,14H,10-11H2,1H3,(H,24,28). The zero-order chi connectivity index (χ0) is 20.5. The van der Waals surface area contributed by atoms with E-state index >= 15 is 0 Å². The number of Topliss-reactive ketones (excluding diaryl/α,β-unsaturated/α-hetero) is 1. The highest BCUT2D eigenvalue weighted by Gasteiger charge is 2.36. The lowest BCUT2D eigenvalue weighted by Crippen LogP contribution is -2.28. The summed E-state index contributed by atoms with van der Waals surface area (Å²) in [7, 11) is 0. The van der Waals surface area contributed by atoms with Crippen LogP contribution in [0.1, 0.15) is 29.3 Å². The maximum absolute atomic E-state index is 12.7. The summed E-state index contributed by atoms with van der Waals surface area (Å²) in [6.45, 7) is 1.52. The van der Waals surface area contributed by atoms with E-state index in [4.69, 9.17) is 0 Å². The zero-order valence-corrected chi connectivity index (χ0v) is 14.9. The van der Waals surface area contributed by atoms with Crippen molar-refractivity contribution in [2.24, 2.45) is 5.92 Å². The minimum atomic E-state index is -4.45. The molecule has 0 bridgehead atoms. The number of halogens is 3. The first-order valence-electron chi connectivity index (χ1n) is 8.54. The molecule has 3 rings (SSSR count). The molecule has 1 aliphatic heterocycles. The van der Waals surface area contributed by atoms with Gasteiger partial charge in [0.2, 0.25) is 11.8 Å². The normalized spacial score (nSPS) is 16.9. The number of benzene rings is 2. The van der Waals surface area contributed by atoms with Crippen molar-refractivity contribution in [1.82, 2.24) is 0 Å². The van der Waals surface area contributed by atoms with Crippen molar-refractivity contribution in [3.63, 3.8) is 0 Å². The van der Waals surface area contributed by atoms with Crippen molar-refractivity contribution in [3.8, 4) is 0 Å². The van der Waals surface area contributed by atoms with Crippen LogP contribution in [0.3, 0.4) is 0 Å². The average molecular weight is 390 g/mol. The summed E-state index contributed by atoms with van der Waals surface area (Å²) in [4.78, 5) is 37.3. The largest absolute Gasteiger partial charge is 0.416 e. The number of carbonyl (C=O) groups is 3. The minimum absolute atomic E-state index is 0.0294. The number of nitrogens with zero attached hydrogens (tertiary/aromatic N) is 1. The number of rotatable bonds is 4. The number of carbonyl (C=O) groups excluding carboxylic acids is 3. The summed E-state index contributed by atoms with van der Waals surface area (Å²) < 4.78 is 38.0. The van der Waals surface area contributed by atoms with Crippen LogP contribution in [0.25, 0.3) is 0 Å². The van der Waals surface area contributed by atoms with Crippen LogP contribution in [0, 0.1) is 5.92 Å². The number of alkyl halides is 3. The first-order valence-corrected chi connectivity index (χ1v) is 8.54. The molecule has 0 saturated carbocycles. The monoisotopic (exact) mass is 390 g/mol. The van der Waals surface area contributed by atoms with E-state index < -0.39 is 17.7 Å². The zero-order valence-electron chi connectivity index (χ0n) is 14.9. The second-order valence-electron chi connectivity index (χ2n) is 6.57. The van der Waals surface area contributed by atoms with Gasteiger partial charge in [-0.3, -0.25) is 14.4 Å². The molecule has 2 aromatic rings. The van der Waals surface area contributed by atoms with E-state index in [2.05, 4.69) is 5.32 Å².